The summed E-state index contributed by atoms with van der Waals surface area (Å²) in [4.78, 5) is 14.9. The van der Waals surface area contributed by atoms with Gasteiger partial charge in [-0.25, -0.2) is 13.1 Å². The number of rotatable bonds is 6. The second-order valence-corrected chi connectivity index (χ2v) is 6.11. The van der Waals surface area contributed by atoms with Crippen molar-refractivity contribution >= 4 is 27.6 Å². The molecule has 0 bridgehead atoms. The van der Waals surface area contributed by atoms with E-state index in [1.807, 2.05) is 6.92 Å². The summed E-state index contributed by atoms with van der Waals surface area (Å²) in [5, 5.41) is 2.56. The summed E-state index contributed by atoms with van der Waals surface area (Å²) in [5.41, 5.74) is 6.06. The lowest BCUT2D eigenvalue weighted by Crippen LogP contribution is -2.36. The number of hydrogen-bond donors (Lipinski definition) is 3. The summed E-state index contributed by atoms with van der Waals surface area (Å²) in [7, 11) is -3.76. The van der Waals surface area contributed by atoms with Gasteiger partial charge in [0.2, 0.25) is 11.9 Å². The van der Waals surface area contributed by atoms with Crippen molar-refractivity contribution in [2.24, 2.45) is 10.7 Å². The molecule has 0 aliphatic carbocycles. The number of nitrogens with two attached hydrogens (primary N) is 1. The van der Waals surface area contributed by atoms with Crippen molar-refractivity contribution in [3.8, 4) is 0 Å². The van der Waals surface area contributed by atoms with Gasteiger partial charge >= 0.3 is 0 Å². The van der Waals surface area contributed by atoms with Crippen molar-refractivity contribution < 1.29 is 13.2 Å². The van der Waals surface area contributed by atoms with Gasteiger partial charge in [0, 0.05) is 19.2 Å². The lowest BCUT2D eigenvalue weighted by Gasteiger charge is -2.08. The molecular weight excluding hydrogens is 292 g/mol. The first-order valence-electron chi connectivity index (χ1n) is 6.55. The summed E-state index contributed by atoms with van der Waals surface area (Å²) in [6.45, 7) is 3.86. The summed E-state index contributed by atoms with van der Waals surface area (Å²) < 4.78 is 26.3. The number of hydrogen-bond acceptors (Lipinski definition) is 4. The molecule has 0 saturated carbocycles. The monoisotopic (exact) mass is 312 g/mol. The zero-order chi connectivity index (χ0) is 15.9. The van der Waals surface area contributed by atoms with Crippen molar-refractivity contribution in [3.05, 3.63) is 24.3 Å². The van der Waals surface area contributed by atoms with Crippen LogP contribution in [0.4, 0.5) is 5.69 Å². The van der Waals surface area contributed by atoms with E-state index in [0.29, 0.717) is 12.2 Å². The molecule has 1 rings (SSSR count). The van der Waals surface area contributed by atoms with E-state index in [0.717, 1.165) is 12.8 Å². The number of benzene rings is 1. The third kappa shape index (κ3) is 5.82. The topological polar surface area (TPSA) is 114 Å². The smallest absolute Gasteiger partial charge is 0.264 e. The Kier molecular flexibility index (Phi) is 6.16. The Labute approximate surface area is 124 Å². The van der Waals surface area contributed by atoms with E-state index in [4.69, 9.17) is 5.73 Å². The predicted octanol–water partition coefficient (Wildman–Crippen LogP) is 1.04. The molecular formula is C13H20N4O3S. The minimum absolute atomic E-state index is 0.0465. The minimum atomic E-state index is -3.76. The average molecular weight is 312 g/mol. The maximum atomic E-state index is 12.0. The number of guanidine groups is 1. The van der Waals surface area contributed by atoms with Gasteiger partial charge in [0.25, 0.3) is 10.0 Å². The molecule has 1 aromatic carbocycles. The SMILES string of the molecule is CCCCN=C(N)NS(=O)(=O)c1ccc(NC(C)=O)cc1. The highest BCUT2D eigenvalue weighted by Crippen LogP contribution is 2.13. The Morgan fingerprint density at radius 1 is 1.29 bits per heavy atom. The Bertz CT molecular complexity index is 609. The summed E-state index contributed by atoms with van der Waals surface area (Å²) in [6.07, 6.45) is 1.79. The molecule has 116 valence electrons. The quantitative estimate of drug-likeness (QED) is 0.413. The van der Waals surface area contributed by atoms with Crippen molar-refractivity contribution in [3.63, 3.8) is 0 Å². The van der Waals surface area contributed by atoms with Crippen molar-refractivity contribution in [1.29, 1.82) is 0 Å². The number of nitrogens with one attached hydrogen (secondary N) is 2. The van der Waals surface area contributed by atoms with Crippen LogP contribution in [0.5, 0.6) is 0 Å². The second-order valence-electron chi connectivity index (χ2n) is 4.43. The first kappa shape index (κ1) is 17.0. The fourth-order valence-corrected chi connectivity index (χ4v) is 2.46. The Morgan fingerprint density at radius 2 is 1.90 bits per heavy atom. The lowest BCUT2D eigenvalue weighted by atomic mass is 10.3. The molecule has 0 atom stereocenters. The van der Waals surface area contributed by atoms with Gasteiger partial charge in [-0.05, 0) is 30.7 Å². The van der Waals surface area contributed by atoms with E-state index in [1.54, 1.807) is 0 Å². The van der Waals surface area contributed by atoms with Gasteiger partial charge in [0.15, 0.2) is 0 Å². The lowest BCUT2D eigenvalue weighted by molar-refractivity contribution is -0.114. The first-order valence-corrected chi connectivity index (χ1v) is 8.04. The van der Waals surface area contributed by atoms with Crippen molar-refractivity contribution in [2.45, 2.75) is 31.6 Å². The number of unbranched alkanes of at least 4 members (excludes halogenated alkanes) is 1. The molecule has 0 aromatic heterocycles. The molecule has 0 radical (unpaired) electrons. The van der Waals surface area contributed by atoms with E-state index >= 15 is 0 Å². The van der Waals surface area contributed by atoms with E-state index in [2.05, 4.69) is 15.0 Å². The summed E-state index contributed by atoms with van der Waals surface area (Å²) >= 11 is 0. The van der Waals surface area contributed by atoms with Crippen molar-refractivity contribution in [1.82, 2.24) is 4.72 Å². The molecule has 1 amide bonds. The average Bonchev–Trinajstić information content (AvgIpc) is 2.38. The van der Waals surface area contributed by atoms with Crippen LogP contribution in [0.2, 0.25) is 0 Å². The first-order chi connectivity index (χ1) is 9.85. The standard InChI is InChI=1S/C13H20N4O3S/c1-3-4-9-15-13(14)17-21(19,20)12-7-5-11(6-8-12)16-10(2)18/h5-8H,3-4,9H2,1-2H3,(H,16,18)(H3,14,15,17). The Balaban J connectivity index is 2.78. The highest BCUT2D eigenvalue weighted by Gasteiger charge is 2.14. The maximum absolute atomic E-state index is 12.0. The van der Waals surface area contributed by atoms with Crippen LogP contribution in [-0.2, 0) is 14.8 Å². The molecule has 1 aromatic rings. The van der Waals surface area contributed by atoms with Gasteiger partial charge in [-0.15, -0.1) is 0 Å². The molecule has 0 heterocycles. The molecule has 0 fully saturated rings. The fraction of sp³-hybridized carbons (Fsp3) is 0.385. The van der Waals surface area contributed by atoms with Crippen LogP contribution in [0, 0.1) is 0 Å². The summed E-state index contributed by atoms with van der Waals surface area (Å²) in [6, 6.07) is 5.76. The number of carbonyl (C=O) groups is 1. The van der Waals surface area contributed by atoms with Crippen LogP contribution >= 0.6 is 0 Å². The van der Waals surface area contributed by atoms with Gasteiger partial charge in [-0.1, -0.05) is 13.3 Å². The molecule has 21 heavy (non-hydrogen) atoms. The molecule has 8 heteroatoms. The van der Waals surface area contributed by atoms with Crippen LogP contribution in [0.15, 0.2) is 34.2 Å². The van der Waals surface area contributed by atoms with Gasteiger partial charge in [0.1, 0.15) is 0 Å². The maximum Gasteiger partial charge on any atom is 0.264 e. The third-order valence-corrected chi connectivity index (χ3v) is 3.89. The molecule has 4 N–H and O–H groups in total. The highest BCUT2D eigenvalue weighted by molar-refractivity contribution is 7.90. The largest absolute Gasteiger partial charge is 0.369 e. The van der Waals surface area contributed by atoms with Crippen molar-refractivity contribution in [2.75, 3.05) is 11.9 Å². The van der Waals surface area contributed by atoms with Gasteiger partial charge in [0.05, 0.1) is 4.90 Å². The normalized spacial score (nSPS) is 12.0. The Morgan fingerprint density at radius 3 is 2.43 bits per heavy atom. The molecule has 0 aliphatic rings. The molecule has 0 spiro atoms. The number of amides is 1. The summed E-state index contributed by atoms with van der Waals surface area (Å²) in [5.74, 6) is -0.356. The van der Waals surface area contributed by atoms with Crippen LogP contribution in [0.1, 0.15) is 26.7 Å². The van der Waals surface area contributed by atoms with Gasteiger partial charge < -0.3 is 11.1 Å². The molecule has 0 aliphatic heterocycles. The molecule has 0 unspecified atom stereocenters. The van der Waals surface area contributed by atoms with Crippen LogP contribution in [-0.4, -0.2) is 26.8 Å². The zero-order valence-electron chi connectivity index (χ0n) is 12.1. The van der Waals surface area contributed by atoms with E-state index in [9.17, 15) is 13.2 Å². The number of sulfonamides is 1. The van der Waals surface area contributed by atoms with E-state index in [1.165, 1.54) is 31.2 Å². The minimum Gasteiger partial charge on any atom is -0.369 e. The van der Waals surface area contributed by atoms with E-state index < -0.39 is 10.0 Å². The zero-order valence-corrected chi connectivity index (χ0v) is 12.9. The van der Waals surface area contributed by atoms with Crippen LogP contribution < -0.4 is 15.8 Å². The van der Waals surface area contributed by atoms with Crippen LogP contribution in [0.3, 0.4) is 0 Å². The number of anilines is 1. The predicted molar refractivity (Wildman–Crippen MR) is 82.5 cm³/mol. The van der Waals surface area contributed by atoms with Gasteiger partial charge in [-0.2, -0.15) is 0 Å². The number of aliphatic imine (C=N–C) groups is 1. The molecule has 7 nitrogen and oxygen atoms in total. The fourth-order valence-electron chi connectivity index (χ4n) is 1.51. The number of nitrogens with zero attached hydrogens (tertiary/aromatic N) is 1. The van der Waals surface area contributed by atoms with E-state index in [-0.39, 0.29) is 16.8 Å². The van der Waals surface area contributed by atoms with Crippen LogP contribution in [0.25, 0.3) is 0 Å². The molecule has 0 saturated heterocycles. The highest BCUT2D eigenvalue weighted by atomic mass is 32.2. The van der Waals surface area contributed by atoms with Gasteiger partial charge in [-0.3, -0.25) is 9.79 Å². The number of carbonyl (C=O) groups excluding carboxylic acids is 1. The third-order valence-electron chi connectivity index (χ3n) is 2.52. The second kappa shape index (κ2) is 7.63. The Hall–Kier alpha value is -2.09.